The van der Waals surface area contributed by atoms with E-state index in [9.17, 15) is 0 Å². The average Bonchev–Trinajstić information content (AvgIpc) is 1.60. The third-order valence-electron chi connectivity index (χ3n) is 1.48. The predicted octanol–water partition coefficient (Wildman–Crippen LogP) is 2.73. The molecular weight excluding hydrogens is 108 g/mol. The van der Waals surface area contributed by atoms with Gasteiger partial charge in [-0.1, -0.05) is 37.6 Å². The molecule has 0 aromatic rings. The van der Waals surface area contributed by atoms with Gasteiger partial charge in [0, 0.05) is 0 Å². The molecule has 0 aromatic carbocycles. The van der Waals surface area contributed by atoms with Crippen LogP contribution in [0.1, 0.15) is 20.8 Å². The minimum atomic E-state index is 0.277. The summed E-state index contributed by atoms with van der Waals surface area (Å²) < 4.78 is 0. The van der Waals surface area contributed by atoms with Gasteiger partial charge in [-0.2, -0.15) is 0 Å². The third kappa shape index (κ3) is 1.70. The molecule has 0 nitrogen and oxygen atoms in total. The Morgan fingerprint density at radius 2 is 2.00 bits per heavy atom. The highest BCUT2D eigenvalue weighted by atomic mass is 14.2. The molecule has 9 heavy (non-hydrogen) atoms. The Balaban J connectivity index is 2.78. The number of rotatable bonds is 0. The Labute approximate surface area is 57.3 Å². The highest BCUT2D eigenvalue weighted by Crippen LogP contribution is 2.27. The van der Waals surface area contributed by atoms with Crippen molar-refractivity contribution in [2.24, 2.45) is 5.41 Å². The summed E-state index contributed by atoms with van der Waals surface area (Å²) >= 11 is 0. The van der Waals surface area contributed by atoms with Gasteiger partial charge < -0.3 is 0 Å². The van der Waals surface area contributed by atoms with Gasteiger partial charge in [0.2, 0.25) is 0 Å². The molecule has 0 heteroatoms. The maximum Gasteiger partial charge on any atom is -0.00729 e. The zero-order chi connectivity index (χ0) is 6.91. The highest BCUT2D eigenvalue weighted by Gasteiger charge is 2.14. The lowest BCUT2D eigenvalue weighted by Crippen LogP contribution is -2.09. The standard InChI is InChI=1S/C9H13/c1-8-5-4-6-9(2,3)7-8/h4-7H,1-3H3. The Morgan fingerprint density at radius 1 is 1.33 bits per heavy atom. The minimum absolute atomic E-state index is 0.277. The van der Waals surface area contributed by atoms with E-state index < -0.39 is 0 Å². The van der Waals surface area contributed by atoms with Crippen LogP contribution in [-0.2, 0) is 0 Å². The molecule has 0 fully saturated rings. The van der Waals surface area contributed by atoms with E-state index in [-0.39, 0.29) is 5.41 Å². The molecule has 49 valence electrons. The molecule has 0 unspecified atom stereocenters. The quantitative estimate of drug-likeness (QED) is 0.462. The Kier molecular flexibility index (Phi) is 1.48. The van der Waals surface area contributed by atoms with Crippen molar-refractivity contribution in [2.75, 3.05) is 0 Å². The highest BCUT2D eigenvalue weighted by molar-refractivity contribution is 5.29. The van der Waals surface area contributed by atoms with Crippen LogP contribution in [0.25, 0.3) is 0 Å². The Bertz CT molecular complexity index is 159. The van der Waals surface area contributed by atoms with Crippen molar-refractivity contribution in [3.63, 3.8) is 0 Å². The van der Waals surface area contributed by atoms with Crippen LogP contribution in [0.5, 0.6) is 0 Å². The van der Waals surface area contributed by atoms with Crippen molar-refractivity contribution in [1.82, 2.24) is 0 Å². The van der Waals surface area contributed by atoms with Gasteiger partial charge in [-0.05, 0) is 18.8 Å². The fourth-order valence-electron chi connectivity index (χ4n) is 1.13. The van der Waals surface area contributed by atoms with Crippen LogP contribution in [0.2, 0.25) is 0 Å². The van der Waals surface area contributed by atoms with Gasteiger partial charge in [0.15, 0.2) is 0 Å². The van der Waals surface area contributed by atoms with Gasteiger partial charge in [-0.25, -0.2) is 0 Å². The Hall–Kier alpha value is -0.520. The molecule has 0 atom stereocenters. The second kappa shape index (κ2) is 2.02. The van der Waals surface area contributed by atoms with Crippen molar-refractivity contribution < 1.29 is 0 Å². The fourth-order valence-corrected chi connectivity index (χ4v) is 1.13. The second-order valence-corrected chi connectivity index (χ2v) is 3.24. The molecule has 0 spiro atoms. The van der Waals surface area contributed by atoms with Crippen LogP contribution in [0.3, 0.4) is 0 Å². The van der Waals surface area contributed by atoms with Crippen molar-refractivity contribution >= 4 is 0 Å². The summed E-state index contributed by atoms with van der Waals surface area (Å²) in [4.78, 5) is 0. The van der Waals surface area contributed by atoms with E-state index in [0.717, 1.165) is 0 Å². The summed E-state index contributed by atoms with van der Waals surface area (Å²) in [6.45, 7) is 6.55. The van der Waals surface area contributed by atoms with Gasteiger partial charge in [0.05, 0.1) is 0 Å². The van der Waals surface area contributed by atoms with Crippen LogP contribution in [0.4, 0.5) is 0 Å². The molecule has 1 aliphatic carbocycles. The molecule has 0 bridgehead atoms. The van der Waals surface area contributed by atoms with E-state index in [0.29, 0.717) is 0 Å². The summed E-state index contributed by atoms with van der Waals surface area (Å²) in [6, 6.07) is 0. The zero-order valence-electron chi connectivity index (χ0n) is 6.31. The zero-order valence-corrected chi connectivity index (χ0v) is 6.31. The molecule has 0 saturated heterocycles. The summed E-state index contributed by atoms with van der Waals surface area (Å²) in [5.74, 6) is 0. The van der Waals surface area contributed by atoms with Gasteiger partial charge in [-0.15, -0.1) is 0 Å². The van der Waals surface area contributed by atoms with Crippen molar-refractivity contribution in [3.8, 4) is 0 Å². The lowest BCUT2D eigenvalue weighted by atomic mass is 9.84. The van der Waals surface area contributed by atoms with Crippen LogP contribution >= 0.6 is 0 Å². The molecule has 0 saturated carbocycles. The molecule has 0 N–H and O–H groups in total. The summed E-state index contributed by atoms with van der Waals surface area (Å²) in [7, 11) is 0. The van der Waals surface area contributed by atoms with Crippen LogP contribution in [0, 0.1) is 11.8 Å². The van der Waals surface area contributed by atoms with Crippen LogP contribution in [-0.4, -0.2) is 0 Å². The monoisotopic (exact) mass is 121 g/mol. The van der Waals surface area contributed by atoms with E-state index in [4.69, 9.17) is 0 Å². The summed E-state index contributed by atoms with van der Waals surface area (Å²) in [6.07, 6.45) is 8.73. The molecule has 0 aliphatic heterocycles. The van der Waals surface area contributed by atoms with E-state index in [2.05, 4.69) is 45.4 Å². The lowest BCUT2D eigenvalue weighted by Gasteiger charge is -2.21. The lowest BCUT2D eigenvalue weighted by molar-refractivity contribution is 0.579. The first-order chi connectivity index (χ1) is 4.10. The van der Waals surface area contributed by atoms with Gasteiger partial charge in [0.25, 0.3) is 0 Å². The second-order valence-electron chi connectivity index (χ2n) is 3.24. The molecular formula is C9H13. The Morgan fingerprint density at radius 3 is 2.33 bits per heavy atom. The van der Waals surface area contributed by atoms with Crippen LogP contribution in [0.15, 0.2) is 23.8 Å². The molecule has 0 heterocycles. The number of hydrogen-bond donors (Lipinski definition) is 0. The summed E-state index contributed by atoms with van der Waals surface area (Å²) in [5.41, 5.74) is 1.64. The van der Waals surface area contributed by atoms with Gasteiger partial charge in [-0.3, -0.25) is 0 Å². The largest absolute Gasteiger partial charge is 0.0797 e. The van der Waals surface area contributed by atoms with E-state index in [1.165, 1.54) is 5.57 Å². The molecule has 1 rings (SSSR count). The van der Waals surface area contributed by atoms with E-state index in [1.54, 1.807) is 0 Å². The normalized spacial score (nSPS) is 23.7. The smallest absolute Gasteiger partial charge is 0.00729 e. The molecule has 0 amide bonds. The topological polar surface area (TPSA) is 0 Å². The van der Waals surface area contributed by atoms with Crippen molar-refractivity contribution in [3.05, 3.63) is 30.2 Å². The fraction of sp³-hybridized carbons (Fsp3) is 0.444. The first kappa shape index (κ1) is 6.60. The van der Waals surface area contributed by atoms with Gasteiger partial charge >= 0.3 is 0 Å². The minimum Gasteiger partial charge on any atom is -0.0797 e. The summed E-state index contributed by atoms with van der Waals surface area (Å²) in [5, 5.41) is 0. The van der Waals surface area contributed by atoms with E-state index >= 15 is 0 Å². The maximum atomic E-state index is 2.27. The molecule has 1 radical (unpaired) electrons. The van der Waals surface area contributed by atoms with Crippen molar-refractivity contribution in [1.29, 1.82) is 0 Å². The number of allylic oxidation sites excluding steroid dienone is 4. The first-order valence-electron chi connectivity index (χ1n) is 3.32. The van der Waals surface area contributed by atoms with E-state index in [1.807, 2.05) is 0 Å². The predicted molar refractivity (Wildman–Crippen MR) is 41.0 cm³/mol. The maximum absolute atomic E-state index is 2.27. The SMILES string of the molecule is CC1=CC(C)(C)[CH]C=C1. The molecule has 0 aromatic heterocycles. The third-order valence-corrected chi connectivity index (χ3v) is 1.48. The van der Waals surface area contributed by atoms with Crippen molar-refractivity contribution in [2.45, 2.75) is 20.8 Å². The molecule has 1 aliphatic rings. The van der Waals surface area contributed by atoms with Gasteiger partial charge in [0.1, 0.15) is 0 Å². The van der Waals surface area contributed by atoms with Crippen LogP contribution < -0.4 is 0 Å². The number of hydrogen-bond acceptors (Lipinski definition) is 0. The first-order valence-corrected chi connectivity index (χ1v) is 3.32. The average molecular weight is 121 g/mol.